The number of alkyl halides is 3. The number of hydrogen-bond acceptors (Lipinski definition) is 4. The van der Waals surface area contributed by atoms with Gasteiger partial charge >= 0.3 is 6.18 Å². The molecule has 2 N–H and O–H groups in total. The molecule has 0 radical (unpaired) electrons. The second kappa shape index (κ2) is 8.05. The molecule has 0 fully saturated rings. The number of halogens is 4. The van der Waals surface area contributed by atoms with Gasteiger partial charge < -0.3 is 15.2 Å². The second-order valence-corrected chi connectivity index (χ2v) is 6.73. The van der Waals surface area contributed by atoms with Crippen molar-refractivity contribution >= 4 is 38.9 Å². The van der Waals surface area contributed by atoms with Gasteiger partial charge in [0.1, 0.15) is 0 Å². The monoisotopic (exact) mass is 456 g/mol. The van der Waals surface area contributed by atoms with Crippen molar-refractivity contribution < 1.29 is 17.7 Å². The van der Waals surface area contributed by atoms with Gasteiger partial charge in [0.25, 0.3) is 0 Å². The van der Waals surface area contributed by atoms with Gasteiger partial charge in [0.15, 0.2) is 5.11 Å². The van der Waals surface area contributed by atoms with Crippen LogP contribution in [0.2, 0.25) is 0 Å². The number of benzene rings is 2. The number of aromatic nitrogens is 2. The Bertz CT molecular complexity index is 944. The second-order valence-electron chi connectivity index (χ2n) is 5.40. The van der Waals surface area contributed by atoms with Crippen molar-refractivity contribution in [3.63, 3.8) is 0 Å². The van der Waals surface area contributed by atoms with E-state index in [1.165, 1.54) is 12.1 Å². The minimum Gasteiger partial charge on any atom is -0.353 e. The fourth-order valence-electron chi connectivity index (χ4n) is 2.15. The van der Waals surface area contributed by atoms with E-state index < -0.39 is 11.7 Å². The summed E-state index contributed by atoms with van der Waals surface area (Å²) in [5, 5.41) is 9.78. The Balaban J connectivity index is 1.55. The highest BCUT2D eigenvalue weighted by atomic mass is 79.9. The summed E-state index contributed by atoms with van der Waals surface area (Å²) in [5.41, 5.74) is 0.503. The van der Waals surface area contributed by atoms with E-state index >= 15 is 0 Å². The van der Waals surface area contributed by atoms with Crippen molar-refractivity contribution in [2.75, 3.05) is 5.32 Å². The van der Waals surface area contributed by atoms with Crippen molar-refractivity contribution in [1.82, 2.24) is 15.5 Å². The lowest BCUT2D eigenvalue weighted by molar-refractivity contribution is -0.137. The molecule has 0 saturated carbocycles. The van der Waals surface area contributed by atoms with Crippen LogP contribution in [0.25, 0.3) is 11.4 Å². The van der Waals surface area contributed by atoms with E-state index in [-0.39, 0.29) is 11.7 Å². The van der Waals surface area contributed by atoms with Crippen LogP contribution in [-0.2, 0) is 12.7 Å². The molecule has 0 aliphatic heterocycles. The molecule has 0 amide bonds. The average molecular weight is 457 g/mol. The van der Waals surface area contributed by atoms with E-state index in [0.29, 0.717) is 17.4 Å². The SMILES string of the molecule is FC(F)(F)c1ccc(NC(=S)NCc2nc(-c3cccc(Br)c3)no2)cc1. The Labute approximate surface area is 166 Å². The lowest BCUT2D eigenvalue weighted by Crippen LogP contribution is -2.28. The molecule has 0 aliphatic carbocycles. The molecule has 3 aromatic rings. The smallest absolute Gasteiger partial charge is 0.353 e. The van der Waals surface area contributed by atoms with Crippen molar-refractivity contribution in [3.05, 3.63) is 64.5 Å². The Kier molecular flexibility index (Phi) is 5.76. The third-order valence-corrected chi connectivity index (χ3v) is 4.16. The highest BCUT2D eigenvalue weighted by Crippen LogP contribution is 2.29. The Hall–Kier alpha value is -2.46. The highest BCUT2D eigenvalue weighted by Gasteiger charge is 2.29. The molecule has 5 nitrogen and oxygen atoms in total. The van der Waals surface area contributed by atoms with E-state index in [2.05, 4.69) is 36.7 Å². The first-order valence-electron chi connectivity index (χ1n) is 7.62. The molecule has 0 unspecified atom stereocenters. The Morgan fingerprint density at radius 1 is 1.15 bits per heavy atom. The fourth-order valence-corrected chi connectivity index (χ4v) is 2.73. The van der Waals surface area contributed by atoms with Crippen LogP contribution in [0.15, 0.2) is 57.5 Å². The van der Waals surface area contributed by atoms with Crippen LogP contribution in [0.5, 0.6) is 0 Å². The maximum atomic E-state index is 12.6. The van der Waals surface area contributed by atoms with Gasteiger partial charge in [0, 0.05) is 15.7 Å². The highest BCUT2D eigenvalue weighted by molar-refractivity contribution is 9.10. The maximum absolute atomic E-state index is 12.6. The van der Waals surface area contributed by atoms with Crippen molar-refractivity contribution in [2.45, 2.75) is 12.7 Å². The zero-order valence-electron chi connectivity index (χ0n) is 13.5. The van der Waals surface area contributed by atoms with Gasteiger partial charge in [-0.1, -0.05) is 33.2 Å². The summed E-state index contributed by atoms with van der Waals surface area (Å²) >= 11 is 8.49. The summed E-state index contributed by atoms with van der Waals surface area (Å²) in [4.78, 5) is 4.27. The van der Waals surface area contributed by atoms with Crippen LogP contribution in [-0.4, -0.2) is 15.3 Å². The number of rotatable bonds is 4. The molecule has 1 aromatic heterocycles. The maximum Gasteiger partial charge on any atom is 0.416 e. The van der Waals surface area contributed by atoms with Gasteiger partial charge in [-0.2, -0.15) is 18.2 Å². The van der Waals surface area contributed by atoms with Gasteiger partial charge in [-0.15, -0.1) is 0 Å². The molecule has 0 aliphatic rings. The quantitative estimate of drug-likeness (QED) is 0.538. The summed E-state index contributed by atoms with van der Waals surface area (Å²) in [6, 6.07) is 12.0. The van der Waals surface area contributed by atoms with Crippen LogP contribution >= 0.6 is 28.1 Å². The summed E-state index contributed by atoms with van der Waals surface area (Å²) < 4.78 is 43.7. The molecular formula is C17H12BrF3N4OS. The van der Waals surface area contributed by atoms with Gasteiger partial charge in [-0.25, -0.2) is 0 Å². The van der Waals surface area contributed by atoms with Gasteiger partial charge in [-0.3, -0.25) is 0 Å². The molecule has 2 aromatic carbocycles. The van der Waals surface area contributed by atoms with Gasteiger partial charge in [0.05, 0.1) is 12.1 Å². The normalized spacial score (nSPS) is 11.3. The third kappa shape index (κ3) is 5.27. The molecule has 1 heterocycles. The van der Waals surface area contributed by atoms with Gasteiger partial charge in [0.2, 0.25) is 11.7 Å². The Morgan fingerprint density at radius 3 is 2.56 bits per heavy atom. The van der Waals surface area contributed by atoms with Crippen molar-refractivity contribution in [3.8, 4) is 11.4 Å². The van der Waals surface area contributed by atoms with Gasteiger partial charge in [-0.05, 0) is 48.6 Å². The van der Waals surface area contributed by atoms with Crippen LogP contribution in [0.4, 0.5) is 18.9 Å². The molecule has 140 valence electrons. The first-order chi connectivity index (χ1) is 12.8. The zero-order valence-corrected chi connectivity index (χ0v) is 16.0. The standard InChI is InChI=1S/C17H12BrF3N4OS/c18-12-3-1-2-10(8-12)15-24-14(26-25-15)9-22-16(27)23-13-6-4-11(5-7-13)17(19,20)21/h1-8H,9H2,(H2,22,23,27). The zero-order chi connectivity index (χ0) is 19.4. The lowest BCUT2D eigenvalue weighted by Gasteiger charge is -2.10. The van der Waals surface area contributed by atoms with Crippen LogP contribution < -0.4 is 10.6 Å². The number of hydrogen-bond donors (Lipinski definition) is 2. The molecule has 3 rings (SSSR count). The van der Waals surface area contributed by atoms with E-state index in [4.69, 9.17) is 16.7 Å². The predicted octanol–water partition coefficient (Wildman–Crippen LogP) is 5.00. The van der Waals surface area contributed by atoms with E-state index in [1.807, 2.05) is 24.3 Å². The number of anilines is 1. The molecule has 0 spiro atoms. The predicted molar refractivity (Wildman–Crippen MR) is 102 cm³/mol. The van der Waals surface area contributed by atoms with E-state index in [9.17, 15) is 13.2 Å². The average Bonchev–Trinajstić information content (AvgIpc) is 3.09. The molecule has 0 atom stereocenters. The summed E-state index contributed by atoms with van der Waals surface area (Å²) in [5.74, 6) is 0.760. The minimum absolute atomic E-state index is 0.174. The molecule has 0 saturated heterocycles. The number of thiocarbonyl (C=S) groups is 1. The molecule has 10 heteroatoms. The first kappa shape index (κ1) is 19.3. The topological polar surface area (TPSA) is 63.0 Å². The summed E-state index contributed by atoms with van der Waals surface area (Å²) in [6.07, 6.45) is -4.37. The number of nitrogens with zero attached hydrogens (tertiary/aromatic N) is 2. The molecule has 27 heavy (non-hydrogen) atoms. The van der Waals surface area contributed by atoms with Crippen molar-refractivity contribution in [1.29, 1.82) is 0 Å². The molecule has 0 bridgehead atoms. The summed E-state index contributed by atoms with van der Waals surface area (Å²) in [6.45, 7) is 0.174. The summed E-state index contributed by atoms with van der Waals surface area (Å²) in [7, 11) is 0. The van der Waals surface area contributed by atoms with Crippen molar-refractivity contribution in [2.24, 2.45) is 0 Å². The number of nitrogens with one attached hydrogen (secondary N) is 2. The lowest BCUT2D eigenvalue weighted by atomic mass is 10.2. The minimum atomic E-state index is -4.37. The fraction of sp³-hybridized carbons (Fsp3) is 0.118. The van der Waals surface area contributed by atoms with Crippen LogP contribution in [0, 0.1) is 0 Å². The van der Waals surface area contributed by atoms with Crippen LogP contribution in [0.3, 0.4) is 0 Å². The van der Waals surface area contributed by atoms with E-state index in [0.717, 1.165) is 22.2 Å². The Morgan fingerprint density at radius 2 is 1.89 bits per heavy atom. The van der Waals surface area contributed by atoms with E-state index in [1.54, 1.807) is 0 Å². The third-order valence-electron chi connectivity index (χ3n) is 3.42. The largest absolute Gasteiger partial charge is 0.416 e. The van der Waals surface area contributed by atoms with Crippen LogP contribution in [0.1, 0.15) is 11.5 Å². The molecular weight excluding hydrogens is 445 g/mol. The first-order valence-corrected chi connectivity index (χ1v) is 8.82.